The molecular formula is C10H19ClO3. The Balaban J connectivity index is 4.01. The van der Waals surface area contributed by atoms with Crippen molar-refractivity contribution in [1.29, 1.82) is 0 Å². The van der Waals surface area contributed by atoms with E-state index in [9.17, 15) is 9.90 Å². The monoisotopic (exact) mass is 222 g/mol. The number of rotatable bonds is 4. The van der Waals surface area contributed by atoms with E-state index in [4.69, 9.17) is 16.3 Å². The Morgan fingerprint density at radius 2 is 1.86 bits per heavy atom. The largest absolute Gasteiger partial charge is 0.462 e. The molecule has 4 heteroatoms. The molecule has 0 aromatic carbocycles. The van der Waals surface area contributed by atoms with Gasteiger partial charge in [0.25, 0.3) is 0 Å². The molecule has 0 aromatic rings. The molecule has 0 bridgehead atoms. The van der Waals surface area contributed by atoms with E-state index in [0.29, 0.717) is 6.42 Å². The first-order valence-corrected chi connectivity index (χ1v) is 5.14. The number of carbonyl (C=O) groups excluding carboxylic acids is 1. The van der Waals surface area contributed by atoms with Crippen LogP contribution in [0.4, 0.5) is 0 Å². The van der Waals surface area contributed by atoms with Gasteiger partial charge in [0.1, 0.15) is 12.5 Å². The van der Waals surface area contributed by atoms with Crippen LogP contribution < -0.4 is 0 Å². The highest BCUT2D eigenvalue weighted by atomic mass is 35.5. The summed E-state index contributed by atoms with van der Waals surface area (Å²) in [6, 6.07) is 0. The van der Waals surface area contributed by atoms with Crippen molar-refractivity contribution >= 4 is 17.6 Å². The van der Waals surface area contributed by atoms with Crippen LogP contribution in [0.5, 0.6) is 0 Å². The van der Waals surface area contributed by atoms with Crippen molar-refractivity contribution < 1.29 is 14.6 Å². The molecule has 0 aliphatic heterocycles. The summed E-state index contributed by atoms with van der Waals surface area (Å²) in [7, 11) is 0. The lowest BCUT2D eigenvalue weighted by atomic mass is 9.83. The maximum absolute atomic E-state index is 10.8. The molecule has 0 spiro atoms. The van der Waals surface area contributed by atoms with Crippen LogP contribution in [0, 0.1) is 5.41 Å². The van der Waals surface area contributed by atoms with E-state index in [1.807, 2.05) is 20.8 Å². The number of halogens is 1. The van der Waals surface area contributed by atoms with Crippen molar-refractivity contribution in [2.24, 2.45) is 5.41 Å². The Labute approximate surface area is 90.4 Å². The fourth-order valence-electron chi connectivity index (χ4n) is 1.47. The lowest BCUT2D eigenvalue weighted by Gasteiger charge is -2.30. The first-order chi connectivity index (χ1) is 6.16. The summed E-state index contributed by atoms with van der Waals surface area (Å²) < 4.78 is 4.78. The van der Waals surface area contributed by atoms with Crippen molar-refractivity contribution in [2.75, 3.05) is 12.5 Å². The first kappa shape index (κ1) is 13.7. The molecule has 0 aromatic heterocycles. The number of carbonyl (C=O) groups is 1. The van der Waals surface area contributed by atoms with Crippen molar-refractivity contribution in [3.63, 3.8) is 0 Å². The maximum atomic E-state index is 10.8. The van der Waals surface area contributed by atoms with Gasteiger partial charge in [-0.2, -0.15) is 0 Å². The van der Waals surface area contributed by atoms with Crippen LogP contribution in [0.2, 0.25) is 0 Å². The summed E-state index contributed by atoms with van der Waals surface area (Å²) in [5.74, 6) is -0.674. The number of ether oxygens (including phenoxy) is 1. The van der Waals surface area contributed by atoms with Gasteiger partial charge in [-0.15, -0.1) is 11.6 Å². The molecule has 14 heavy (non-hydrogen) atoms. The third-order valence-electron chi connectivity index (χ3n) is 1.56. The molecule has 0 aliphatic carbocycles. The Morgan fingerprint density at radius 1 is 1.36 bits per heavy atom. The predicted molar refractivity (Wildman–Crippen MR) is 56.4 cm³/mol. The van der Waals surface area contributed by atoms with Crippen LogP contribution in [0.15, 0.2) is 0 Å². The van der Waals surface area contributed by atoms with Gasteiger partial charge in [-0.05, 0) is 18.8 Å². The number of aliphatic hydroxyl groups is 1. The second-order valence-corrected chi connectivity index (χ2v) is 5.30. The predicted octanol–water partition coefficient (Wildman–Crippen LogP) is 1.96. The number of hydrogen-bond donors (Lipinski definition) is 1. The van der Waals surface area contributed by atoms with Crippen LogP contribution in [0.25, 0.3) is 0 Å². The third-order valence-corrected chi connectivity index (χ3v) is 1.78. The molecule has 1 unspecified atom stereocenters. The number of hydrogen-bond acceptors (Lipinski definition) is 3. The van der Waals surface area contributed by atoms with Gasteiger partial charge in [-0.1, -0.05) is 20.8 Å². The first-order valence-electron chi connectivity index (χ1n) is 4.60. The normalized spacial score (nSPS) is 16.1. The van der Waals surface area contributed by atoms with Crippen molar-refractivity contribution in [3.05, 3.63) is 0 Å². The minimum Gasteiger partial charge on any atom is -0.462 e. The Kier molecular flexibility index (Phi) is 4.89. The Bertz CT molecular complexity index is 194. The minimum absolute atomic E-state index is 0.00310. The fourth-order valence-corrected chi connectivity index (χ4v) is 1.55. The lowest BCUT2D eigenvalue weighted by molar-refractivity contribution is -0.149. The summed E-state index contributed by atoms with van der Waals surface area (Å²) >= 11 is 5.26. The summed E-state index contributed by atoms with van der Waals surface area (Å²) in [6.07, 6.45) is 0.565. The van der Waals surface area contributed by atoms with Gasteiger partial charge in [0, 0.05) is 0 Å². The summed E-state index contributed by atoms with van der Waals surface area (Å²) in [5, 5.41) is 9.87. The van der Waals surface area contributed by atoms with Crippen molar-refractivity contribution in [3.8, 4) is 0 Å². The highest BCUT2D eigenvalue weighted by molar-refractivity contribution is 6.26. The zero-order valence-electron chi connectivity index (χ0n) is 9.26. The molecule has 0 fully saturated rings. The lowest BCUT2D eigenvalue weighted by Crippen LogP contribution is -2.36. The fraction of sp³-hybridized carbons (Fsp3) is 0.900. The van der Waals surface area contributed by atoms with E-state index in [-0.39, 0.29) is 17.9 Å². The average Bonchev–Trinajstić information content (AvgIpc) is 1.96. The molecule has 0 amide bonds. The van der Waals surface area contributed by atoms with Gasteiger partial charge in [0.15, 0.2) is 0 Å². The second-order valence-electron chi connectivity index (χ2n) is 5.03. The summed E-state index contributed by atoms with van der Waals surface area (Å²) in [6.45, 7) is 7.70. The molecule has 0 saturated carbocycles. The SMILES string of the molecule is CC(C)(C)CC(C)(O)COC(=O)CCl. The smallest absolute Gasteiger partial charge is 0.320 e. The van der Waals surface area contributed by atoms with Crippen LogP contribution in [-0.2, 0) is 9.53 Å². The number of alkyl halides is 1. The van der Waals surface area contributed by atoms with Gasteiger partial charge in [0.2, 0.25) is 0 Å². The van der Waals surface area contributed by atoms with E-state index in [1.165, 1.54) is 0 Å². The van der Waals surface area contributed by atoms with E-state index >= 15 is 0 Å². The standard InChI is InChI=1S/C10H19ClO3/c1-9(2,3)6-10(4,13)7-14-8(12)5-11/h13H,5-7H2,1-4H3. The highest BCUT2D eigenvalue weighted by Crippen LogP contribution is 2.27. The average molecular weight is 223 g/mol. The molecule has 0 rings (SSSR count). The molecule has 0 heterocycles. The van der Waals surface area contributed by atoms with Crippen LogP contribution in [0.1, 0.15) is 34.1 Å². The third kappa shape index (κ3) is 7.15. The maximum Gasteiger partial charge on any atom is 0.320 e. The van der Waals surface area contributed by atoms with Crippen LogP contribution in [-0.4, -0.2) is 29.2 Å². The van der Waals surface area contributed by atoms with Gasteiger partial charge in [-0.25, -0.2) is 0 Å². The molecule has 1 atom stereocenters. The van der Waals surface area contributed by atoms with Crippen molar-refractivity contribution in [2.45, 2.75) is 39.7 Å². The second kappa shape index (κ2) is 4.99. The molecule has 1 N–H and O–H groups in total. The van der Waals surface area contributed by atoms with E-state index in [1.54, 1.807) is 6.92 Å². The Morgan fingerprint density at radius 3 is 2.21 bits per heavy atom. The van der Waals surface area contributed by atoms with Crippen LogP contribution >= 0.6 is 11.6 Å². The van der Waals surface area contributed by atoms with Gasteiger partial charge in [-0.3, -0.25) is 4.79 Å². The quantitative estimate of drug-likeness (QED) is 0.584. The highest BCUT2D eigenvalue weighted by Gasteiger charge is 2.28. The topological polar surface area (TPSA) is 46.5 Å². The molecule has 0 aliphatic rings. The molecule has 84 valence electrons. The zero-order valence-corrected chi connectivity index (χ0v) is 10.0. The number of esters is 1. The molecule has 0 saturated heterocycles. The van der Waals surface area contributed by atoms with Gasteiger partial charge in [0.05, 0.1) is 5.60 Å². The molecular weight excluding hydrogens is 204 g/mol. The van der Waals surface area contributed by atoms with Gasteiger partial charge < -0.3 is 9.84 Å². The van der Waals surface area contributed by atoms with E-state index in [0.717, 1.165) is 0 Å². The summed E-state index contributed by atoms with van der Waals surface area (Å²) in [5.41, 5.74) is -0.989. The molecule has 0 radical (unpaired) electrons. The Hall–Kier alpha value is -0.280. The van der Waals surface area contributed by atoms with E-state index < -0.39 is 11.6 Å². The van der Waals surface area contributed by atoms with Crippen LogP contribution in [0.3, 0.4) is 0 Å². The molecule has 3 nitrogen and oxygen atoms in total. The zero-order chi connectivity index (χ0) is 11.4. The van der Waals surface area contributed by atoms with Gasteiger partial charge >= 0.3 is 5.97 Å². The van der Waals surface area contributed by atoms with Crippen molar-refractivity contribution in [1.82, 2.24) is 0 Å². The summed E-state index contributed by atoms with van der Waals surface area (Å²) in [4.78, 5) is 10.8. The van der Waals surface area contributed by atoms with E-state index in [2.05, 4.69) is 0 Å². The minimum atomic E-state index is -0.986.